The molecule has 0 bridgehead atoms. The molecule has 1 rings (SSSR count). The fourth-order valence-electron chi connectivity index (χ4n) is 1.92. The molecule has 0 spiro atoms. The van der Waals surface area contributed by atoms with Crippen LogP contribution in [-0.2, 0) is 0 Å². The van der Waals surface area contributed by atoms with Crippen LogP contribution in [0.15, 0.2) is 18.2 Å². The van der Waals surface area contributed by atoms with E-state index in [9.17, 15) is 0 Å². The van der Waals surface area contributed by atoms with Crippen LogP contribution in [0.3, 0.4) is 0 Å². The van der Waals surface area contributed by atoms with Gasteiger partial charge in [0.25, 0.3) is 0 Å². The molecule has 0 aliphatic rings. The minimum absolute atomic E-state index is 0.595. The first kappa shape index (κ1) is 11.8. The van der Waals surface area contributed by atoms with Gasteiger partial charge < -0.3 is 0 Å². The van der Waals surface area contributed by atoms with E-state index in [2.05, 4.69) is 61.8 Å². The van der Waals surface area contributed by atoms with Crippen molar-refractivity contribution >= 4 is 15.9 Å². The monoisotopic (exact) mass is 254 g/mol. The van der Waals surface area contributed by atoms with Gasteiger partial charge in [0.05, 0.1) is 0 Å². The van der Waals surface area contributed by atoms with Crippen LogP contribution >= 0.6 is 15.9 Å². The van der Waals surface area contributed by atoms with Gasteiger partial charge in [-0.15, -0.1) is 0 Å². The summed E-state index contributed by atoms with van der Waals surface area (Å²) in [5, 5.41) is 0. The smallest absolute Gasteiger partial charge is 0.0123 e. The third kappa shape index (κ3) is 2.84. The van der Waals surface area contributed by atoms with E-state index in [0.717, 1.165) is 0 Å². The number of hydrogen-bond donors (Lipinski definition) is 0. The molecule has 0 heterocycles. The van der Waals surface area contributed by atoms with Crippen LogP contribution in [0, 0.1) is 13.8 Å². The number of aryl methyl sites for hydroxylation is 1. The van der Waals surface area contributed by atoms with Crippen LogP contribution in [0.2, 0.25) is 0 Å². The van der Waals surface area contributed by atoms with Crippen LogP contribution in [0.5, 0.6) is 0 Å². The molecule has 14 heavy (non-hydrogen) atoms. The molecule has 0 saturated heterocycles. The number of halogens is 1. The van der Waals surface area contributed by atoms with Gasteiger partial charge in [-0.2, -0.15) is 0 Å². The molecule has 0 aliphatic carbocycles. The van der Waals surface area contributed by atoms with Crippen LogP contribution in [0.4, 0.5) is 0 Å². The van der Waals surface area contributed by atoms with E-state index in [1.54, 1.807) is 0 Å². The number of alkyl halides is 1. The largest absolute Gasteiger partial charge is 0.0893 e. The van der Waals surface area contributed by atoms with Gasteiger partial charge >= 0.3 is 0 Å². The van der Waals surface area contributed by atoms with E-state index in [-0.39, 0.29) is 0 Å². The van der Waals surface area contributed by atoms with Crippen molar-refractivity contribution < 1.29 is 0 Å². The summed E-state index contributed by atoms with van der Waals surface area (Å²) < 4.78 is 0. The lowest BCUT2D eigenvalue weighted by Gasteiger charge is -2.17. The van der Waals surface area contributed by atoms with Crippen molar-refractivity contribution in [1.29, 1.82) is 0 Å². The molecule has 0 aliphatic heterocycles. The van der Waals surface area contributed by atoms with Gasteiger partial charge in [-0.1, -0.05) is 48.0 Å². The zero-order chi connectivity index (χ0) is 10.7. The van der Waals surface area contributed by atoms with Crippen molar-refractivity contribution in [2.24, 2.45) is 0 Å². The zero-order valence-corrected chi connectivity index (χ0v) is 11.1. The Kier molecular flexibility index (Phi) is 4.18. The summed E-state index contributed by atoms with van der Waals surface area (Å²) in [6, 6.07) is 6.60. The van der Waals surface area contributed by atoms with Gasteiger partial charge in [0, 0.05) is 4.83 Å². The third-order valence-corrected chi connectivity index (χ3v) is 3.23. The van der Waals surface area contributed by atoms with Gasteiger partial charge in [-0.25, -0.2) is 0 Å². The molecule has 0 radical (unpaired) electrons. The summed E-state index contributed by atoms with van der Waals surface area (Å²) in [6.45, 7) is 8.92. The van der Waals surface area contributed by atoms with Crippen molar-refractivity contribution in [3.05, 3.63) is 34.9 Å². The Morgan fingerprint density at radius 1 is 1.21 bits per heavy atom. The Balaban J connectivity index is 2.89. The minimum Gasteiger partial charge on any atom is -0.0893 e. The lowest BCUT2D eigenvalue weighted by Crippen LogP contribution is -2.03. The molecule has 0 saturated carbocycles. The van der Waals surface area contributed by atoms with Crippen molar-refractivity contribution in [1.82, 2.24) is 0 Å². The van der Waals surface area contributed by atoms with Crippen molar-refractivity contribution in [3.63, 3.8) is 0 Å². The molecule has 0 fully saturated rings. The second kappa shape index (κ2) is 4.97. The highest BCUT2D eigenvalue weighted by Crippen LogP contribution is 2.27. The Morgan fingerprint density at radius 2 is 1.86 bits per heavy atom. The lowest BCUT2D eigenvalue weighted by molar-refractivity contribution is 0.677. The van der Waals surface area contributed by atoms with E-state index in [1.807, 2.05) is 0 Å². The quantitative estimate of drug-likeness (QED) is 0.693. The topological polar surface area (TPSA) is 0 Å². The average Bonchev–Trinajstić information content (AvgIpc) is 2.08. The Labute approximate surface area is 95.9 Å². The normalized spacial score (nSPS) is 15.2. The lowest BCUT2D eigenvalue weighted by atomic mass is 9.91. The van der Waals surface area contributed by atoms with Crippen molar-refractivity contribution in [3.8, 4) is 0 Å². The predicted molar refractivity (Wildman–Crippen MR) is 67.3 cm³/mol. The molecule has 0 aromatic heterocycles. The van der Waals surface area contributed by atoms with Crippen molar-refractivity contribution in [2.75, 3.05) is 0 Å². The molecule has 1 aromatic carbocycles. The second-order valence-corrected chi connectivity index (χ2v) is 5.77. The standard InChI is InChI=1S/C13H19Br/c1-9-6-5-7-13(12(9)4)10(2)8-11(3)14/h5-7,10-11H,8H2,1-4H3. The third-order valence-electron chi connectivity index (χ3n) is 2.86. The SMILES string of the molecule is Cc1cccc(C(C)CC(C)Br)c1C. The number of benzene rings is 1. The summed E-state index contributed by atoms with van der Waals surface area (Å²) in [6.07, 6.45) is 1.20. The van der Waals surface area contributed by atoms with Gasteiger partial charge in [0.1, 0.15) is 0 Å². The van der Waals surface area contributed by atoms with E-state index in [1.165, 1.54) is 23.1 Å². The molecule has 0 amide bonds. The maximum Gasteiger partial charge on any atom is 0.0123 e. The van der Waals surface area contributed by atoms with E-state index in [0.29, 0.717) is 10.7 Å². The maximum absolute atomic E-state index is 3.62. The van der Waals surface area contributed by atoms with E-state index >= 15 is 0 Å². The van der Waals surface area contributed by atoms with Gasteiger partial charge in [0.15, 0.2) is 0 Å². The summed E-state index contributed by atoms with van der Waals surface area (Å²) in [4.78, 5) is 0.595. The second-order valence-electron chi connectivity index (χ2n) is 4.21. The number of hydrogen-bond acceptors (Lipinski definition) is 0. The fraction of sp³-hybridized carbons (Fsp3) is 0.538. The highest BCUT2D eigenvalue weighted by Gasteiger charge is 2.11. The summed E-state index contributed by atoms with van der Waals surface area (Å²) >= 11 is 3.62. The first-order valence-corrected chi connectivity index (χ1v) is 6.14. The number of rotatable bonds is 3. The Hall–Kier alpha value is -0.300. The van der Waals surface area contributed by atoms with E-state index < -0.39 is 0 Å². The van der Waals surface area contributed by atoms with Crippen LogP contribution in [-0.4, -0.2) is 4.83 Å². The molecular formula is C13H19Br. The van der Waals surface area contributed by atoms with Crippen LogP contribution in [0.1, 0.15) is 42.9 Å². The maximum atomic E-state index is 3.62. The minimum atomic E-state index is 0.595. The fourth-order valence-corrected chi connectivity index (χ4v) is 2.48. The molecule has 1 aromatic rings. The summed E-state index contributed by atoms with van der Waals surface area (Å²) in [5.41, 5.74) is 4.35. The Bertz CT molecular complexity index is 302. The van der Waals surface area contributed by atoms with Gasteiger partial charge in [-0.05, 0) is 42.9 Å². The molecule has 78 valence electrons. The molecular weight excluding hydrogens is 236 g/mol. The van der Waals surface area contributed by atoms with Gasteiger partial charge in [0.2, 0.25) is 0 Å². The molecule has 2 unspecified atom stereocenters. The van der Waals surface area contributed by atoms with Crippen LogP contribution < -0.4 is 0 Å². The Morgan fingerprint density at radius 3 is 2.43 bits per heavy atom. The average molecular weight is 255 g/mol. The first-order valence-electron chi connectivity index (χ1n) is 5.22. The summed E-state index contributed by atoms with van der Waals surface area (Å²) in [5.74, 6) is 0.643. The van der Waals surface area contributed by atoms with Gasteiger partial charge in [-0.3, -0.25) is 0 Å². The molecule has 1 heteroatoms. The highest BCUT2D eigenvalue weighted by atomic mass is 79.9. The van der Waals surface area contributed by atoms with Crippen LogP contribution in [0.25, 0.3) is 0 Å². The highest BCUT2D eigenvalue weighted by molar-refractivity contribution is 9.09. The first-order chi connectivity index (χ1) is 6.52. The predicted octanol–water partition coefficient (Wildman–Crippen LogP) is 4.58. The van der Waals surface area contributed by atoms with E-state index in [4.69, 9.17) is 0 Å². The zero-order valence-electron chi connectivity index (χ0n) is 9.47. The van der Waals surface area contributed by atoms with Crippen molar-refractivity contribution in [2.45, 2.75) is 44.9 Å². The molecule has 2 atom stereocenters. The molecule has 0 nitrogen and oxygen atoms in total. The summed E-state index contributed by atoms with van der Waals surface area (Å²) in [7, 11) is 0. The molecule has 0 N–H and O–H groups in total.